The second-order valence-electron chi connectivity index (χ2n) is 7.10. The van der Waals surface area contributed by atoms with Crippen LogP contribution in [-0.2, 0) is 16.1 Å². The third-order valence-electron chi connectivity index (χ3n) is 5.03. The van der Waals surface area contributed by atoms with Crippen molar-refractivity contribution in [1.82, 2.24) is 4.90 Å². The van der Waals surface area contributed by atoms with Crippen LogP contribution in [0.2, 0.25) is 0 Å². The van der Waals surface area contributed by atoms with E-state index in [2.05, 4.69) is 5.16 Å². The summed E-state index contributed by atoms with van der Waals surface area (Å²) in [6.45, 7) is 2.06. The Morgan fingerprint density at radius 1 is 1.13 bits per heavy atom. The number of rotatable bonds is 8. The van der Waals surface area contributed by atoms with Crippen LogP contribution in [0.1, 0.15) is 24.0 Å². The summed E-state index contributed by atoms with van der Waals surface area (Å²) in [5.74, 6) is -1.97. The minimum atomic E-state index is -0.777. The number of oxime groups is 1. The smallest absolute Gasteiger partial charge is 0.307 e. The van der Waals surface area contributed by atoms with Gasteiger partial charge in [0, 0.05) is 25.1 Å². The van der Waals surface area contributed by atoms with Crippen molar-refractivity contribution >= 4 is 24.1 Å². The molecule has 2 aromatic carbocycles. The Morgan fingerprint density at radius 2 is 1.83 bits per heavy atom. The van der Waals surface area contributed by atoms with E-state index in [1.54, 1.807) is 36.4 Å². The van der Waals surface area contributed by atoms with Crippen LogP contribution in [0.5, 0.6) is 0 Å². The third kappa shape index (κ3) is 6.50. The molecule has 0 unspecified atom stereocenters. The summed E-state index contributed by atoms with van der Waals surface area (Å²) in [6.07, 6.45) is 1.61. The Balaban J connectivity index is 0.00000320. The summed E-state index contributed by atoms with van der Waals surface area (Å²) in [6, 6.07) is 12.5. The second kappa shape index (κ2) is 11.6. The third-order valence-corrected chi connectivity index (χ3v) is 5.03. The number of halogens is 3. The molecule has 8 heteroatoms. The molecular formula is C22H25ClF2N2O3. The molecule has 1 saturated heterocycles. The van der Waals surface area contributed by atoms with E-state index >= 15 is 0 Å². The van der Waals surface area contributed by atoms with Gasteiger partial charge >= 0.3 is 5.97 Å². The Morgan fingerprint density at radius 3 is 2.53 bits per heavy atom. The Kier molecular flexibility index (Phi) is 9.20. The molecule has 1 atom stereocenters. The zero-order valence-corrected chi connectivity index (χ0v) is 17.3. The molecule has 0 spiro atoms. The number of hydrogen-bond acceptors (Lipinski definition) is 4. The first-order valence-electron chi connectivity index (χ1n) is 9.67. The van der Waals surface area contributed by atoms with Gasteiger partial charge in [-0.3, -0.25) is 9.69 Å². The van der Waals surface area contributed by atoms with Crippen molar-refractivity contribution in [2.45, 2.75) is 19.3 Å². The first-order chi connectivity index (χ1) is 14.0. The number of likely N-dealkylation sites (tertiary alicyclic amines) is 1. The zero-order valence-electron chi connectivity index (χ0n) is 16.5. The molecule has 1 N–H and O–H groups in total. The van der Waals surface area contributed by atoms with Gasteiger partial charge in [0.15, 0.2) is 0 Å². The molecular weight excluding hydrogens is 414 g/mol. The van der Waals surface area contributed by atoms with Gasteiger partial charge in [-0.2, -0.15) is 0 Å². The average Bonchev–Trinajstić information content (AvgIpc) is 2.72. The number of piperidine rings is 1. The summed E-state index contributed by atoms with van der Waals surface area (Å²) >= 11 is 0. The molecule has 1 heterocycles. The summed E-state index contributed by atoms with van der Waals surface area (Å²) in [4.78, 5) is 18.6. The molecule has 1 aliphatic heterocycles. The lowest BCUT2D eigenvalue weighted by Gasteiger charge is -2.29. The van der Waals surface area contributed by atoms with Gasteiger partial charge in [0.2, 0.25) is 0 Å². The van der Waals surface area contributed by atoms with E-state index < -0.39 is 11.8 Å². The van der Waals surface area contributed by atoms with E-state index in [9.17, 15) is 13.6 Å². The zero-order chi connectivity index (χ0) is 20.6. The van der Waals surface area contributed by atoms with E-state index in [1.807, 2.05) is 4.90 Å². The molecule has 2 aromatic rings. The lowest BCUT2D eigenvalue weighted by molar-refractivity contribution is -0.143. The maximum atomic E-state index is 14.3. The quantitative estimate of drug-likeness (QED) is 0.382. The standard InChI is InChI=1S/C22H24F2N2O3.ClH/c23-19-9-3-1-6-16(19)14-21(18-8-2-4-10-20(18)24)25-29-13-12-26-11-5-7-17(15-26)22(27)28;/h1-4,6,8-10,17H,5,7,11-15H2,(H,27,28);1H/t17-;/m1./s1. The van der Waals surface area contributed by atoms with Crippen LogP contribution in [0.15, 0.2) is 53.7 Å². The van der Waals surface area contributed by atoms with E-state index in [-0.39, 0.29) is 42.7 Å². The minimum absolute atomic E-state index is 0. The van der Waals surface area contributed by atoms with Crippen LogP contribution in [-0.4, -0.2) is 47.9 Å². The highest BCUT2D eigenvalue weighted by Gasteiger charge is 2.25. The predicted molar refractivity (Wildman–Crippen MR) is 113 cm³/mol. The second-order valence-corrected chi connectivity index (χ2v) is 7.10. The number of hydrogen-bond donors (Lipinski definition) is 1. The molecule has 0 radical (unpaired) electrons. The van der Waals surface area contributed by atoms with Gasteiger partial charge in [-0.1, -0.05) is 41.6 Å². The van der Waals surface area contributed by atoms with Gasteiger partial charge in [-0.15, -0.1) is 12.4 Å². The van der Waals surface area contributed by atoms with Crippen LogP contribution in [0.4, 0.5) is 8.78 Å². The summed E-state index contributed by atoms with van der Waals surface area (Å²) in [5.41, 5.74) is 0.966. The maximum Gasteiger partial charge on any atom is 0.307 e. The molecule has 1 fully saturated rings. The first kappa shape index (κ1) is 23.8. The summed E-state index contributed by atoms with van der Waals surface area (Å²) in [7, 11) is 0. The van der Waals surface area contributed by atoms with Crippen molar-refractivity contribution in [3.63, 3.8) is 0 Å². The van der Waals surface area contributed by atoms with Crippen molar-refractivity contribution < 1.29 is 23.5 Å². The molecule has 0 saturated carbocycles. The lowest BCUT2D eigenvalue weighted by Crippen LogP contribution is -2.40. The normalized spacial score (nSPS) is 17.3. The van der Waals surface area contributed by atoms with Crippen molar-refractivity contribution in [2.24, 2.45) is 11.1 Å². The van der Waals surface area contributed by atoms with Gasteiger partial charge in [0.1, 0.15) is 18.2 Å². The van der Waals surface area contributed by atoms with Gasteiger partial charge in [-0.25, -0.2) is 8.78 Å². The number of carbonyl (C=O) groups is 1. The van der Waals surface area contributed by atoms with Crippen LogP contribution >= 0.6 is 12.4 Å². The van der Waals surface area contributed by atoms with Gasteiger partial charge in [0.25, 0.3) is 0 Å². The van der Waals surface area contributed by atoms with Crippen LogP contribution in [0, 0.1) is 17.6 Å². The molecule has 30 heavy (non-hydrogen) atoms. The topological polar surface area (TPSA) is 62.1 Å². The summed E-state index contributed by atoms with van der Waals surface area (Å²) in [5, 5.41) is 13.3. The maximum absolute atomic E-state index is 14.3. The molecule has 162 valence electrons. The first-order valence-corrected chi connectivity index (χ1v) is 9.67. The fourth-order valence-corrected chi connectivity index (χ4v) is 3.45. The van der Waals surface area contributed by atoms with Gasteiger partial charge in [0.05, 0.1) is 11.6 Å². The number of carboxylic acid groups (broad SMARTS) is 1. The highest BCUT2D eigenvalue weighted by Crippen LogP contribution is 2.17. The van der Waals surface area contributed by atoms with E-state index in [0.29, 0.717) is 30.8 Å². The number of carboxylic acids is 1. The van der Waals surface area contributed by atoms with Gasteiger partial charge in [-0.05, 0) is 37.1 Å². The minimum Gasteiger partial charge on any atom is -0.481 e. The fourth-order valence-electron chi connectivity index (χ4n) is 3.45. The fraction of sp³-hybridized carbons (Fsp3) is 0.364. The molecule has 0 aromatic heterocycles. The highest BCUT2D eigenvalue weighted by molar-refractivity contribution is 6.01. The Labute approximate surface area is 180 Å². The van der Waals surface area contributed by atoms with Crippen LogP contribution < -0.4 is 0 Å². The molecule has 5 nitrogen and oxygen atoms in total. The van der Waals surface area contributed by atoms with E-state index in [1.165, 1.54) is 12.1 Å². The number of nitrogens with zero attached hydrogens (tertiary/aromatic N) is 2. The highest BCUT2D eigenvalue weighted by atomic mass is 35.5. The monoisotopic (exact) mass is 438 g/mol. The lowest BCUT2D eigenvalue weighted by atomic mass is 9.98. The largest absolute Gasteiger partial charge is 0.481 e. The van der Waals surface area contributed by atoms with Crippen molar-refractivity contribution in [3.8, 4) is 0 Å². The van der Waals surface area contributed by atoms with Crippen LogP contribution in [0.25, 0.3) is 0 Å². The summed E-state index contributed by atoms with van der Waals surface area (Å²) < 4.78 is 28.3. The Bertz CT molecular complexity index is 879. The van der Waals surface area contributed by atoms with E-state index in [0.717, 1.165) is 13.0 Å². The van der Waals surface area contributed by atoms with Crippen LogP contribution in [0.3, 0.4) is 0 Å². The SMILES string of the molecule is Cl.O=C(O)[C@@H]1CCCN(CCON=C(Cc2ccccc2F)c2ccccc2F)C1. The average molecular weight is 439 g/mol. The molecule has 0 aliphatic carbocycles. The van der Waals surface area contributed by atoms with Crippen molar-refractivity contribution in [3.05, 3.63) is 71.3 Å². The van der Waals surface area contributed by atoms with Gasteiger partial charge < -0.3 is 9.94 Å². The number of benzene rings is 2. The Hall–Kier alpha value is -2.51. The van der Waals surface area contributed by atoms with E-state index in [4.69, 9.17) is 9.94 Å². The predicted octanol–water partition coefficient (Wildman–Crippen LogP) is 4.15. The molecule has 0 bridgehead atoms. The van der Waals surface area contributed by atoms with Crippen molar-refractivity contribution in [1.29, 1.82) is 0 Å². The van der Waals surface area contributed by atoms with Crippen molar-refractivity contribution in [2.75, 3.05) is 26.2 Å². The molecule has 0 amide bonds. The molecule has 3 rings (SSSR count). The molecule has 1 aliphatic rings. The number of aliphatic carboxylic acids is 1.